The van der Waals surface area contributed by atoms with Crippen molar-refractivity contribution in [2.45, 2.75) is 26.4 Å². The quantitative estimate of drug-likeness (QED) is 0.861. The Morgan fingerprint density at radius 2 is 1.73 bits per heavy atom. The van der Waals surface area contributed by atoms with Gasteiger partial charge in [0.05, 0.1) is 6.04 Å². The Balaban J connectivity index is 0.00000242. The molecule has 1 amide bonds. The molecule has 1 aromatic carbocycles. The smallest absolute Gasteiger partial charge is 0.240 e. The van der Waals surface area contributed by atoms with Gasteiger partial charge in [-0.15, -0.1) is 12.4 Å². The zero-order chi connectivity index (χ0) is 15.2. The van der Waals surface area contributed by atoms with E-state index < -0.39 is 6.04 Å². The van der Waals surface area contributed by atoms with Crippen molar-refractivity contribution in [2.24, 2.45) is 5.73 Å². The van der Waals surface area contributed by atoms with Gasteiger partial charge in [-0.3, -0.25) is 9.69 Å². The summed E-state index contributed by atoms with van der Waals surface area (Å²) in [6.07, 6.45) is 0. The summed E-state index contributed by atoms with van der Waals surface area (Å²) >= 11 is 0. The summed E-state index contributed by atoms with van der Waals surface area (Å²) in [4.78, 5) is 16.5. The molecule has 22 heavy (non-hydrogen) atoms. The predicted molar refractivity (Wildman–Crippen MR) is 93.4 cm³/mol. The van der Waals surface area contributed by atoms with Crippen LogP contribution in [0.15, 0.2) is 24.3 Å². The number of carbonyl (C=O) groups excluding carboxylic acids is 1. The van der Waals surface area contributed by atoms with Crippen molar-refractivity contribution < 1.29 is 4.79 Å². The lowest BCUT2D eigenvalue weighted by atomic mass is 10.1. The average Bonchev–Trinajstić information content (AvgIpc) is 2.50. The van der Waals surface area contributed by atoms with Gasteiger partial charge in [0, 0.05) is 38.4 Å². The molecular weight excluding hydrogens is 300 g/mol. The van der Waals surface area contributed by atoms with E-state index in [4.69, 9.17) is 5.73 Å². The molecule has 0 aliphatic carbocycles. The van der Waals surface area contributed by atoms with E-state index in [0.29, 0.717) is 0 Å². The Labute approximate surface area is 139 Å². The molecule has 1 unspecified atom stereocenters. The van der Waals surface area contributed by atoms with Crippen LogP contribution in [0, 0.1) is 0 Å². The van der Waals surface area contributed by atoms with Crippen LogP contribution in [0.25, 0.3) is 0 Å². The van der Waals surface area contributed by atoms with Gasteiger partial charge in [-0.25, -0.2) is 0 Å². The van der Waals surface area contributed by atoms with Crippen molar-refractivity contribution in [2.75, 3.05) is 38.0 Å². The number of hydrogen-bond acceptors (Lipinski definition) is 4. The molecule has 1 fully saturated rings. The van der Waals surface area contributed by atoms with Crippen LogP contribution in [0.4, 0.5) is 5.69 Å². The molecule has 1 aromatic rings. The minimum Gasteiger partial charge on any atom is -0.325 e. The maximum atomic E-state index is 11.5. The van der Waals surface area contributed by atoms with Crippen LogP contribution in [0.3, 0.4) is 0 Å². The summed E-state index contributed by atoms with van der Waals surface area (Å²) in [7, 11) is 0. The van der Waals surface area contributed by atoms with Crippen LogP contribution in [0.2, 0.25) is 0 Å². The molecule has 0 bridgehead atoms. The molecule has 0 spiro atoms. The van der Waals surface area contributed by atoms with Crippen molar-refractivity contribution in [1.29, 1.82) is 0 Å². The van der Waals surface area contributed by atoms with Crippen LogP contribution < -0.4 is 11.1 Å². The fourth-order valence-electron chi connectivity index (χ4n) is 2.47. The molecule has 3 N–H and O–H groups in total. The summed E-state index contributed by atoms with van der Waals surface area (Å²) in [5.74, 6) is -0.154. The second-order valence-electron chi connectivity index (χ2n) is 5.69. The number of anilines is 1. The van der Waals surface area contributed by atoms with Gasteiger partial charge in [0.1, 0.15) is 0 Å². The van der Waals surface area contributed by atoms with Crippen molar-refractivity contribution in [1.82, 2.24) is 9.80 Å². The van der Waals surface area contributed by atoms with Gasteiger partial charge in [0.15, 0.2) is 0 Å². The SMILES string of the molecule is CCN1CCN(Cc2ccc(NC(=O)C(C)N)cc2)CC1.Cl. The zero-order valence-electron chi connectivity index (χ0n) is 13.4. The number of rotatable bonds is 5. The van der Waals surface area contributed by atoms with Crippen molar-refractivity contribution in [3.8, 4) is 0 Å². The van der Waals surface area contributed by atoms with E-state index in [0.717, 1.165) is 45.0 Å². The first-order chi connectivity index (χ1) is 10.1. The highest BCUT2D eigenvalue weighted by Gasteiger charge is 2.15. The highest BCUT2D eigenvalue weighted by molar-refractivity contribution is 5.94. The van der Waals surface area contributed by atoms with E-state index in [1.54, 1.807) is 6.92 Å². The molecule has 1 atom stereocenters. The monoisotopic (exact) mass is 326 g/mol. The van der Waals surface area contributed by atoms with Crippen LogP contribution >= 0.6 is 12.4 Å². The first-order valence-corrected chi connectivity index (χ1v) is 7.68. The first-order valence-electron chi connectivity index (χ1n) is 7.68. The minimum absolute atomic E-state index is 0. The number of nitrogens with one attached hydrogen (secondary N) is 1. The van der Waals surface area contributed by atoms with Gasteiger partial charge in [-0.05, 0) is 31.2 Å². The largest absolute Gasteiger partial charge is 0.325 e. The van der Waals surface area contributed by atoms with Crippen molar-refractivity contribution in [3.63, 3.8) is 0 Å². The summed E-state index contributed by atoms with van der Waals surface area (Å²) in [6, 6.07) is 7.54. The molecule has 1 heterocycles. The van der Waals surface area contributed by atoms with Gasteiger partial charge < -0.3 is 16.0 Å². The Morgan fingerprint density at radius 1 is 1.18 bits per heavy atom. The highest BCUT2D eigenvalue weighted by Crippen LogP contribution is 2.13. The van der Waals surface area contributed by atoms with Gasteiger partial charge in [-0.1, -0.05) is 19.1 Å². The van der Waals surface area contributed by atoms with Gasteiger partial charge >= 0.3 is 0 Å². The number of likely N-dealkylation sites (N-methyl/N-ethyl adjacent to an activating group) is 1. The van der Waals surface area contributed by atoms with Crippen LogP contribution in [0.1, 0.15) is 19.4 Å². The average molecular weight is 327 g/mol. The molecule has 2 rings (SSSR count). The highest BCUT2D eigenvalue weighted by atomic mass is 35.5. The Hall–Kier alpha value is -1.14. The number of benzene rings is 1. The van der Waals surface area contributed by atoms with Gasteiger partial charge in [0.2, 0.25) is 5.91 Å². The standard InChI is InChI=1S/C16H26N4O.ClH/c1-3-19-8-10-20(11-9-19)12-14-4-6-15(7-5-14)18-16(21)13(2)17;/h4-7,13H,3,8-12,17H2,1-2H3,(H,18,21);1H. The fourth-order valence-corrected chi connectivity index (χ4v) is 2.47. The number of nitrogens with zero attached hydrogens (tertiary/aromatic N) is 2. The first kappa shape index (κ1) is 18.9. The lowest BCUT2D eigenvalue weighted by Crippen LogP contribution is -2.45. The van der Waals surface area contributed by atoms with E-state index in [9.17, 15) is 4.79 Å². The zero-order valence-corrected chi connectivity index (χ0v) is 14.2. The normalized spacial score (nSPS) is 17.6. The number of amides is 1. The van der Waals surface area contributed by atoms with Crippen molar-refractivity contribution in [3.05, 3.63) is 29.8 Å². The van der Waals surface area contributed by atoms with E-state index >= 15 is 0 Å². The number of halogens is 1. The molecular formula is C16H27ClN4O. The molecule has 124 valence electrons. The van der Waals surface area contributed by atoms with Gasteiger partial charge in [-0.2, -0.15) is 0 Å². The van der Waals surface area contributed by atoms with Gasteiger partial charge in [0.25, 0.3) is 0 Å². The third kappa shape index (κ3) is 5.57. The fraction of sp³-hybridized carbons (Fsp3) is 0.562. The Bertz CT molecular complexity index is 456. The maximum Gasteiger partial charge on any atom is 0.240 e. The minimum atomic E-state index is -0.487. The third-order valence-corrected chi connectivity index (χ3v) is 3.95. The number of piperazine rings is 1. The molecule has 0 saturated carbocycles. The third-order valence-electron chi connectivity index (χ3n) is 3.95. The number of nitrogens with two attached hydrogens (primary N) is 1. The summed E-state index contributed by atoms with van der Waals surface area (Å²) < 4.78 is 0. The van der Waals surface area contributed by atoms with E-state index in [1.165, 1.54) is 5.56 Å². The maximum absolute atomic E-state index is 11.5. The lowest BCUT2D eigenvalue weighted by Gasteiger charge is -2.34. The summed E-state index contributed by atoms with van der Waals surface area (Å²) in [6.45, 7) is 10.6. The Kier molecular flexibility index (Phi) is 7.82. The van der Waals surface area contributed by atoms with E-state index in [-0.39, 0.29) is 18.3 Å². The number of hydrogen-bond donors (Lipinski definition) is 2. The van der Waals surface area contributed by atoms with E-state index in [2.05, 4.69) is 34.2 Å². The lowest BCUT2D eigenvalue weighted by molar-refractivity contribution is -0.117. The summed E-state index contributed by atoms with van der Waals surface area (Å²) in [5.41, 5.74) is 7.62. The number of carbonyl (C=O) groups is 1. The molecule has 1 aliphatic heterocycles. The molecule has 0 aromatic heterocycles. The van der Waals surface area contributed by atoms with E-state index in [1.807, 2.05) is 12.1 Å². The molecule has 0 radical (unpaired) electrons. The predicted octanol–water partition coefficient (Wildman–Crippen LogP) is 1.53. The van der Waals surface area contributed by atoms with Crippen LogP contribution in [-0.2, 0) is 11.3 Å². The molecule has 1 aliphatic rings. The van der Waals surface area contributed by atoms with Crippen molar-refractivity contribution >= 4 is 24.0 Å². The van der Waals surface area contributed by atoms with Crippen LogP contribution in [0.5, 0.6) is 0 Å². The summed E-state index contributed by atoms with van der Waals surface area (Å²) in [5, 5.41) is 2.80. The Morgan fingerprint density at radius 3 is 2.23 bits per heavy atom. The molecule has 6 heteroatoms. The molecule has 5 nitrogen and oxygen atoms in total. The molecule has 1 saturated heterocycles. The van der Waals surface area contributed by atoms with Crippen LogP contribution in [-0.4, -0.2) is 54.5 Å². The second kappa shape index (κ2) is 9.10. The topological polar surface area (TPSA) is 61.6 Å². The second-order valence-corrected chi connectivity index (χ2v) is 5.69.